The van der Waals surface area contributed by atoms with Crippen molar-refractivity contribution in [2.45, 2.75) is 0 Å². The van der Waals surface area contributed by atoms with E-state index in [9.17, 15) is 4.79 Å². The number of rotatable bonds is 1. The van der Waals surface area contributed by atoms with Crippen molar-refractivity contribution in [1.29, 1.82) is 0 Å². The molecule has 0 fully saturated rings. The molecule has 0 saturated heterocycles. The maximum Gasteiger partial charge on any atom is 0.341 e. The van der Waals surface area contributed by atoms with Crippen molar-refractivity contribution in [3.05, 3.63) is 28.6 Å². The number of hydrogen-bond acceptors (Lipinski definition) is 4. The Labute approximate surface area is 87.8 Å². The maximum atomic E-state index is 11.4. The van der Waals surface area contributed by atoms with E-state index in [0.29, 0.717) is 11.2 Å². The van der Waals surface area contributed by atoms with Crippen LogP contribution in [0.1, 0.15) is 10.4 Å². The molecule has 5 nitrogen and oxygen atoms in total. The first-order chi connectivity index (χ1) is 6.72. The van der Waals surface area contributed by atoms with Crippen LogP contribution in [0.2, 0.25) is 0 Å². The van der Waals surface area contributed by atoms with E-state index in [1.807, 2.05) is 0 Å². The van der Waals surface area contributed by atoms with Gasteiger partial charge in [0.15, 0.2) is 5.65 Å². The van der Waals surface area contributed by atoms with Gasteiger partial charge in [0.25, 0.3) is 0 Å². The molecule has 2 heterocycles. The predicted molar refractivity (Wildman–Crippen MR) is 52.0 cm³/mol. The minimum absolute atomic E-state index is 0.388. The van der Waals surface area contributed by atoms with Crippen LogP contribution in [0.3, 0.4) is 0 Å². The second kappa shape index (κ2) is 3.38. The minimum atomic E-state index is -0.427. The van der Waals surface area contributed by atoms with E-state index in [0.717, 1.165) is 4.47 Å². The lowest BCUT2D eigenvalue weighted by Gasteiger charge is -2.01. The van der Waals surface area contributed by atoms with Gasteiger partial charge in [-0.2, -0.15) is 5.10 Å². The number of carbonyl (C=O) groups is 1. The van der Waals surface area contributed by atoms with E-state index in [-0.39, 0.29) is 0 Å². The lowest BCUT2D eigenvalue weighted by molar-refractivity contribution is 0.0602. The van der Waals surface area contributed by atoms with Crippen LogP contribution in [-0.4, -0.2) is 27.7 Å². The van der Waals surface area contributed by atoms with Crippen molar-refractivity contribution in [2.75, 3.05) is 7.11 Å². The number of esters is 1. The van der Waals surface area contributed by atoms with Crippen molar-refractivity contribution in [3.63, 3.8) is 0 Å². The van der Waals surface area contributed by atoms with Crippen molar-refractivity contribution >= 4 is 27.5 Å². The molecule has 0 unspecified atom stereocenters. The van der Waals surface area contributed by atoms with Gasteiger partial charge in [-0.05, 0) is 22.0 Å². The van der Waals surface area contributed by atoms with Crippen molar-refractivity contribution < 1.29 is 9.53 Å². The number of pyridine rings is 1. The van der Waals surface area contributed by atoms with Crippen LogP contribution in [0, 0.1) is 0 Å². The zero-order valence-corrected chi connectivity index (χ0v) is 8.85. The largest absolute Gasteiger partial charge is 0.465 e. The van der Waals surface area contributed by atoms with E-state index >= 15 is 0 Å². The molecule has 0 spiro atoms. The van der Waals surface area contributed by atoms with E-state index in [2.05, 4.69) is 30.7 Å². The number of fused-ring (bicyclic) bond motifs is 1. The Morgan fingerprint density at radius 1 is 1.64 bits per heavy atom. The topological polar surface area (TPSA) is 56.5 Å². The number of methoxy groups -OCH3 is 1. The number of nitrogens with zero attached hydrogens (tertiary/aromatic N) is 3. The SMILES string of the molecule is COC(=O)c1cc(Br)cn2ncnc12. The first-order valence-corrected chi connectivity index (χ1v) is 4.59. The van der Waals surface area contributed by atoms with Gasteiger partial charge in [-0.1, -0.05) is 0 Å². The molecule has 72 valence electrons. The van der Waals surface area contributed by atoms with Crippen LogP contribution < -0.4 is 0 Å². The van der Waals surface area contributed by atoms with Gasteiger partial charge in [0.05, 0.1) is 7.11 Å². The maximum absolute atomic E-state index is 11.4. The molecular weight excluding hydrogens is 250 g/mol. The summed E-state index contributed by atoms with van der Waals surface area (Å²) in [6.45, 7) is 0. The zero-order valence-electron chi connectivity index (χ0n) is 7.27. The van der Waals surface area contributed by atoms with Gasteiger partial charge in [-0.25, -0.2) is 14.3 Å². The molecule has 14 heavy (non-hydrogen) atoms. The molecular formula is C8H6BrN3O2. The fraction of sp³-hybridized carbons (Fsp3) is 0.125. The second-order valence-corrected chi connectivity index (χ2v) is 3.51. The molecule has 0 aliphatic heterocycles. The van der Waals surface area contributed by atoms with E-state index in [4.69, 9.17) is 0 Å². The minimum Gasteiger partial charge on any atom is -0.465 e. The normalized spacial score (nSPS) is 10.4. The van der Waals surface area contributed by atoms with Gasteiger partial charge in [0.1, 0.15) is 11.9 Å². The molecule has 0 aliphatic rings. The Balaban J connectivity index is 2.72. The predicted octanol–water partition coefficient (Wildman–Crippen LogP) is 1.28. The quantitative estimate of drug-likeness (QED) is 0.721. The molecule has 0 amide bonds. The molecule has 6 heteroatoms. The van der Waals surface area contributed by atoms with E-state index < -0.39 is 5.97 Å². The number of aromatic nitrogens is 3. The van der Waals surface area contributed by atoms with E-state index in [1.54, 1.807) is 12.3 Å². The number of hydrogen-bond donors (Lipinski definition) is 0. The molecule has 0 N–H and O–H groups in total. The van der Waals surface area contributed by atoms with Gasteiger partial charge in [-0.3, -0.25) is 0 Å². The highest BCUT2D eigenvalue weighted by Crippen LogP contribution is 2.16. The lowest BCUT2D eigenvalue weighted by Crippen LogP contribution is -2.04. The Morgan fingerprint density at radius 2 is 2.43 bits per heavy atom. The van der Waals surface area contributed by atoms with Gasteiger partial charge in [-0.15, -0.1) is 0 Å². The Bertz CT molecular complexity index is 494. The molecule has 0 atom stereocenters. The van der Waals surface area contributed by atoms with Crippen LogP contribution in [0.5, 0.6) is 0 Å². The van der Waals surface area contributed by atoms with E-state index in [1.165, 1.54) is 18.0 Å². The highest BCUT2D eigenvalue weighted by molar-refractivity contribution is 9.10. The van der Waals surface area contributed by atoms with Crippen LogP contribution in [-0.2, 0) is 4.74 Å². The Hall–Kier alpha value is -1.43. The first-order valence-electron chi connectivity index (χ1n) is 3.79. The summed E-state index contributed by atoms with van der Waals surface area (Å²) in [6.07, 6.45) is 3.10. The molecule has 2 rings (SSSR count). The summed E-state index contributed by atoms with van der Waals surface area (Å²) >= 11 is 3.27. The number of carbonyl (C=O) groups excluding carboxylic acids is 1. The third kappa shape index (κ3) is 1.37. The van der Waals surface area contributed by atoms with Gasteiger partial charge in [0.2, 0.25) is 0 Å². The zero-order chi connectivity index (χ0) is 10.1. The highest BCUT2D eigenvalue weighted by Gasteiger charge is 2.13. The lowest BCUT2D eigenvalue weighted by atomic mass is 10.3. The molecule has 2 aromatic heterocycles. The summed E-state index contributed by atoms with van der Waals surface area (Å²) in [6, 6.07) is 1.65. The summed E-state index contributed by atoms with van der Waals surface area (Å²) in [5, 5.41) is 3.92. The summed E-state index contributed by atoms with van der Waals surface area (Å²) in [4.78, 5) is 15.3. The van der Waals surface area contributed by atoms with Gasteiger partial charge < -0.3 is 4.74 Å². The van der Waals surface area contributed by atoms with Crippen LogP contribution in [0.25, 0.3) is 5.65 Å². The fourth-order valence-corrected chi connectivity index (χ4v) is 1.58. The molecule has 2 aromatic rings. The molecule has 0 saturated carbocycles. The summed E-state index contributed by atoms with van der Waals surface area (Å²) in [7, 11) is 1.33. The standard InChI is InChI=1S/C8H6BrN3O2/c1-14-8(13)6-2-5(9)3-12-7(6)10-4-11-12/h2-4H,1H3. The molecule has 0 aliphatic carbocycles. The fourth-order valence-electron chi connectivity index (χ4n) is 1.15. The first kappa shape index (κ1) is 9.14. The van der Waals surface area contributed by atoms with Crippen molar-refractivity contribution in [2.24, 2.45) is 0 Å². The van der Waals surface area contributed by atoms with Crippen molar-refractivity contribution in [1.82, 2.24) is 14.6 Å². The number of ether oxygens (including phenoxy) is 1. The smallest absolute Gasteiger partial charge is 0.341 e. The summed E-state index contributed by atoms with van der Waals surface area (Å²) in [5.74, 6) is -0.427. The number of halogens is 1. The van der Waals surface area contributed by atoms with Gasteiger partial charge >= 0.3 is 5.97 Å². The third-order valence-corrected chi connectivity index (χ3v) is 2.18. The Kier molecular flexibility index (Phi) is 2.20. The Morgan fingerprint density at radius 3 is 3.14 bits per heavy atom. The average molecular weight is 256 g/mol. The monoisotopic (exact) mass is 255 g/mol. The summed E-state index contributed by atoms with van der Waals surface area (Å²) in [5.41, 5.74) is 0.874. The highest BCUT2D eigenvalue weighted by atomic mass is 79.9. The average Bonchev–Trinajstić information content (AvgIpc) is 2.62. The molecule has 0 bridgehead atoms. The van der Waals surface area contributed by atoms with Crippen molar-refractivity contribution in [3.8, 4) is 0 Å². The van der Waals surface area contributed by atoms with Crippen LogP contribution in [0.4, 0.5) is 0 Å². The molecule has 0 radical (unpaired) electrons. The molecule has 0 aromatic carbocycles. The third-order valence-electron chi connectivity index (χ3n) is 1.75. The van der Waals surface area contributed by atoms with Gasteiger partial charge in [0, 0.05) is 10.7 Å². The summed E-state index contributed by atoms with van der Waals surface area (Å²) < 4.78 is 6.88. The van der Waals surface area contributed by atoms with Crippen LogP contribution >= 0.6 is 15.9 Å². The van der Waals surface area contributed by atoms with Crippen LogP contribution in [0.15, 0.2) is 23.1 Å². The second-order valence-electron chi connectivity index (χ2n) is 2.59.